The predicted molar refractivity (Wildman–Crippen MR) is 87.6 cm³/mol. The minimum Gasteiger partial charge on any atom is -0.326 e. The minimum atomic E-state index is -0.162. The van der Waals surface area contributed by atoms with Crippen LogP contribution < -0.4 is 5.32 Å². The molecule has 0 spiro atoms. The van der Waals surface area contributed by atoms with Crippen LogP contribution in [0.3, 0.4) is 0 Å². The second-order valence-electron chi connectivity index (χ2n) is 5.14. The Morgan fingerprint density at radius 3 is 2.59 bits per heavy atom. The molecule has 0 aliphatic heterocycles. The zero-order valence-corrected chi connectivity index (χ0v) is 13.7. The number of benzene rings is 1. The highest BCUT2D eigenvalue weighted by molar-refractivity contribution is 6.32. The van der Waals surface area contributed by atoms with E-state index >= 15 is 0 Å². The topological polar surface area (TPSA) is 54.9 Å². The maximum Gasteiger partial charge on any atom is 0.227 e. The van der Waals surface area contributed by atoms with Gasteiger partial charge in [0.2, 0.25) is 11.2 Å². The van der Waals surface area contributed by atoms with Crippen molar-refractivity contribution in [2.45, 2.75) is 19.3 Å². The first-order chi connectivity index (χ1) is 10.5. The van der Waals surface area contributed by atoms with Crippen molar-refractivity contribution in [1.82, 2.24) is 9.97 Å². The van der Waals surface area contributed by atoms with Gasteiger partial charge in [0.25, 0.3) is 0 Å². The van der Waals surface area contributed by atoms with E-state index in [1.807, 2.05) is 0 Å². The molecule has 2 aromatic rings. The summed E-state index contributed by atoms with van der Waals surface area (Å²) < 4.78 is 0. The number of amides is 1. The molecule has 0 radical (unpaired) electrons. The first-order valence-electron chi connectivity index (χ1n) is 6.80. The maximum absolute atomic E-state index is 12.4. The van der Waals surface area contributed by atoms with E-state index in [0.29, 0.717) is 29.4 Å². The standard InChI is InChI=1S/C15H12Cl3N3O/c16-9-2-4-10(5-3-9)19-14(22)8-1-6-12-11(7-8)13(17)21-15(18)20-12/h2-5,8H,1,6-7H2,(H,19,22). The van der Waals surface area contributed by atoms with Crippen LogP contribution in [0, 0.1) is 5.92 Å². The van der Waals surface area contributed by atoms with Crippen LogP contribution in [0.15, 0.2) is 24.3 Å². The summed E-state index contributed by atoms with van der Waals surface area (Å²) in [5.41, 5.74) is 2.37. The van der Waals surface area contributed by atoms with Crippen LogP contribution in [0.2, 0.25) is 15.5 Å². The van der Waals surface area contributed by atoms with Crippen molar-refractivity contribution in [3.8, 4) is 0 Å². The zero-order chi connectivity index (χ0) is 15.7. The van der Waals surface area contributed by atoms with Crippen molar-refractivity contribution in [3.05, 3.63) is 51.0 Å². The van der Waals surface area contributed by atoms with Crippen LogP contribution >= 0.6 is 34.8 Å². The van der Waals surface area contributed by atoms with Crippen molar-refractivity contribution < 1.29 is 4.79 Å². The summed E-state index contributed by atoms with van der Waals surface area (Å²) in [4.78, 5) is 20.5. The lowest BCUT2D eigenvalue weighted by molar-refractivity contribution is -0.120. The molecule has 1 heterocycles. The number of hydrogen-bond acceptors (Lipinski definition) is 3. The number of nitrogens with zero attached hydrogens (tertiary/aromatic N) is 2. The van der Waals surface area contributed by atoms with Crippen molar-refractivity contribution in [3.63, 3.8) is 0 Å². The van der Waals surface area contributed by atoms with E-state index < -0.39 is 0 Å². The van der Waals surface area contributed by atoms with E-state index in [9.17, 15) is 4.79 Å². The molecule has 3 rings (SSSR count). The third kappa shape index (κ3) is 3.35. The molecule has 1 aromatic carbocycles. The Hall–Kier alpha value is -1.36. The second-order valence-corrected chi connectivity index (χ2v) is 6.28. The number of aryl methyl sites for hydroxylation is 1. The zero-order valence-electron chi connectivity index (χ0n) is 11.4. The quantitative estimate of drug-likeness (QED) is 0.648. The van der Waals surface area contributed by atoms with E-state index in [1.165, 1.54) is 0 Å². The molecule has 1 atom stereocenters. The Bertz CT molecular complexity index is 719. The molecule has 1 unspecified atom stereocenters. The summed E-state index contributed by atoms with van der Waals surface area (Å²) in [6.45, 7) is 0. The summed E-state index contributed by atoms with van der Waals surface area (Å²) >= 11 is 17.7. The monoisotopic (exact) mass is 355 g/mol. The van der Waals surface area contributed by atoms with Crippen LogP contribution in [-0.4, -0.2) is 15.9 Å². The predicted octanol–water partition coefficient (Wildman–Crippen LogP) is 4.18. The molecule has 7 heteroatoms. The van der Waals surface area contributed by atoms with Gasteiger partial charge in [-0.25, -0.2) is 9.97 Å². The van der Waals surface area contributed by atoms with E-state index in [1.54, 1.807) is 24.3 Å². The average Bonchev–Trinajstić information content (AvgIpc) is 2.49. The number of carbonyl (C=O) groups excluding carboxylic acids is 1. The van der Waals surface area contributed by atoms with Gasteiger partial charge in [0.1, 0.15) is 5.15 Å². The second kappa shape index (κ2) is 6.41. The van der Waals surface area contributed by atoms with E-state index in [-0.39, 0.29) is 17.1 Å². The molecule has 0 saturated heterocycles. The largest absolute Gasteiger partial charge is 0.326 e. The molecule has 1 aliphatic carbocycles. The van der Waals surface area contributed by atoms with E-state index in [0.717, 1.165) is 16.9 Å². The van der Waals surface area contributed by atoms with E-state index in [2.05, 4.69) is 15.3 Å². The molecular weight excluding hydrogens is 345 g/mol. The summed E-state index contributed by atoms with van der Waals surface area (Å²) in [5, 5.41) is 4.00. The summed E-state index contributed by atoms with van der Waals surface area (Å²) in [6.07, 6.45) is 1.89. The van der Waals surface area contributed by atoms with Crippen LogP contribution in [0.4, 0.5) is 5.69 Å². The Morgan fingerprint density at radius 1 is 1.14 bits per heavy atom. The Kier molecular flexibility index (Phi) is 4.52. The van der Waals surface area contributed by atoms with Crippen LogP contribution in [0.25, 0.3) is 0 Å². The van der Waals surface area contributed by atoms with Crippen molar-refractivity contribution >= 4 is 46.4 Å². The van der Waals surface area contributed by atoms with Crippen LogP contribution in [-0.2, 0) is 17.6 Å². The molecule has 0 bridgehead atoms. The Balaban J connectivity index is 1.74. The van der Waals surface area contributed by atoms with Gasteiger partial charge in [-0.05, 0) is 55.1 Å². The number of halogens is 3. The molecule has 1 amide bonds. The number of hydrogen-bond donors (Lipinski definition) is 1. The number of anilines is 1. The van der Waals surface area contributed by atoms with Gasteiger partial charge in [-0.3, -0.25) is 4.79 Å². The number of carbonyl (C=O) groups is 1. The lowest BCUT2D eigenvalue weighted by Gasteiger charge is -2.23. The molecule has 4 nitrogen and oxygen atoms in total. The van der Waals surface area contributed by atoms with Gasteiger partial charge in [0, 0.05) is 22.2 Å². The summed E-state index contributed by atoms with van der Waals surface area (Å²) in [5.74, 6) is -0.204. The molecule has 0 fully saturated rings. The van der Waals surface area contributed by atoms with Crippen LogP contribution in [0.1, 0.15) is 17.7 Å². The average molecular weight is 357 g/mol. The van der Waals surface area contributed by atoms with Crippen LogP contribution in [0.5, 0.6) is 0 Å². The first-order valence-corrected chi connectivity index (χ1v) is 7.93. The minimum absolute atomic E-state index is 0.0426. The fourth-order valence-electron chi connectivity index (χ4n) is 2.54. The molecule has 22 heavy (non-hydrogen) atoms. The SMILES string of the molecule is O=C(Nc1ccc(Cl)cc1)C1CCc2nc(Cl)nc(Cl)c2C1. The highest BCUT2D eigenvalue weighted by atomic mass is 35.5. The highest BCUT2D eigenvalue weighted by Gasteiger charge is 2.28. The number of aromatic nitrogens is 2. The van der Waals surface area contributed by atoms with Gasteiger partial charge in [-0.2, -0.15) is 0 Å². The Morgan fingerprint density at radius 2 is 1.86 bits per heavy atom. The van der Waals surface area contributed by atoms with Gasteiger partial charge in [0.05, 0.1) is 5.69 Å². The maximum atomic E-state index is 12.4. The van der Waals surface area contributed by atoms with Gasteiger partial charge in [0.15, 0.2) is 0 Å². The molecular formula is C15H12Cl3N3O. The normalized spacial score (nSPS) is 17.0. The number of rotatable bonds is 2. The van der Waals surface area contributed by atoms with Gasteiger partial charge in [-0.1, -0.05) is 23.2 Å². The number of fused-ring (bicyclic) bond motifs is 1. The fraction of sp³-hybridized carbons (Fsp3) is 0.267. The molecule has 114 valence electrons. The highest BCUT2D eigenvalue weighted by Crippen LogP contribution is 2.30. The number of nitrogens with one attached hydrogen (secondary N) is 1. The summed E-state index contributed by atoms with van der Waals surface area (Å²) in [7, 11) is 0. The molecule has 1 N–H and O–H groups in total. The fourth-order valence-corrected chi connectivity index (χ4v) is 3.16. The van der Waals surface area contributed by atoms with Gasteiger partial charge < -0.3 is 5.32 Å². The van der Waals surface area contributed by atoms with E-state index in [4.69, 9.17) is 34.8 Å². The smallest absolute Gasteiger partial charge is 0.227 e. The lowest BCUT2D eigenvalue weighted by Crippen LogP contribution is -2.29. The van der Waals surface area contributed by atoms with Gasteiger partial charge >= 0.3 is 0 Å². The Labute approximate surface area is 142 Å². The van der Waals surface area contributed by atoms with Crippen molar-refractivity contribution in [1.29, 1.82) is 0 Å². The third-order valence-electron chi connectivity index (χ3n) is 3.68. The third-order valence-corrected chi connectivity index (χ3v) is 4.41. The first kappa shape index (κ1) is 15.5. The molecule has 1 aromatic heterocycles. The molecule has 0 saturated carbocycles. The van der Waals surface area contributed by atoms with Crippen molar-refractivity contribution in [2.24, 2.45) is 5.92 Å². The van der Waals surface area contributed by atoms with Crippen molar-refractivity contribution in [2.75, 3.05) is 5.32 Å². The summed E-state index contributed by atoms with van der Waals surface area (Å²) in [6, 6.07) is 7.01. The lowest BCUT2D eigenvalue weighted by atomic mass is 9.86. The molecule has 1 aliphatic rings. The van der Waals surface area contributed by atoms with Gasteiger partial charge in [-0.15, -0.1) is 0 Å².